The van der Waals surface area contributed by atoms with Crippen LogP contribution >= 0.6 is 11.8 Å². The first-order chi connectivity index (χ1) is 18.9. The average molecular weight is 573 g/mol. The SMILES string of the molecule is CC(CC1CCC(C)(C)C1(C)C)OC(=O)C1CCCN1C(=O)C1(NC(=O)C(O)Cc2ccccc2)CCSCC1. The maximum absolute atomic E-state index is 14.1. The van der Waals surface area contributed by atoms with Gasteiger partial charge in [-0.3, -0.25) is 9.59 Å². The summed E-state index contributed by atoms with van der Waals surface area (Å²) in [7, 11) is 0. The van der Waals surface area contributed by atoms with E-state index in [1.165, 1.54) is 6.42 Å². The number of thioether (sulfide) groups is 1. The van der Waals surface area contributed by atoms with E-state index in [0.717, 1.165) is 36.3 Å². The normalized spacial score (nSPS) is 26.6. The predicted octanol–water partition coefficient (Wildman–Crippen LogP) is 4.75. The molecule has 3 aliphatic rings. The van der Waals surface area contributed by atoms with Crippen molar-refractivity contribution in [3.63, 3.8) is 0 Å². The maximum atomic E-state index is 14.1. The molecule has 2 heterocycles. The van der Waals surface area contributed by atoms with E-state index in [2.05, 4.69) is 33.0 Å². The molecule has 7 nitrogen and oxygen atoms in total. The number of aliphatic hydroxyl groups is 1. The van der Waals surface area contributed by atoms with E-state index in [4.69, 9.17) is 4.74 Å². The number of hydrogen-bond donors (Lipinski definition) is 2. The van der Waals surface area contributed by atoms with Crippen LogP contribution in [0.3, 0.4) is 0 Å². The van der Waals surface area contributed by atoms with Crippen LogP contribution in [0.1, 0.15) is 85.1 Å². The quantitative estimate of drug-likeness (QED) is 0.415. The Morgan fingerprint density at radius 1 is 1.07 bits per heavy atom. The van der Waals surface area contributed by atoms with Crippen LogP contribution in [-0.2, 0) is 25.5 Å². The summed E-state index contributed by atoms with van der Waals surface area (Å²) in [6.07, 6.45) is 4.05. The van der Waals surface area contributed by atoms with Gasteiger partial charge < -0.3 is 20.1 Å². The maximum Gasteiger partial charge on any atom is 0.329 e. The summed E-state index contributed by atoms with van der Waals surface area (Å²) < 4.78 is 5.98. The first-order valence-corrected chi connectivity index (χ1v) is 16.1. The molecule has 0 radical (unpaired) electrons. The lowest BCUT2D eigenvalue weighted by Crippen LogP contribution is -2.64. The zero-order valence-electron chi connectivity index (χ0n) is 24.9. The number of benzene rings is 1. The summed E-state index contributed by atoms with van der Waals surface area (Å²) in [4.78, 5) is 42.3. The Bertz CT molecular complexity index is 1050. The topological polar surface area (TPSA) is 95.9 Å². The molecule has 0 bridgehead atoms. The number of ether oxygens (including phenoxy) is 1. The summed E-state index contributed by atoms with van der Waals surface area (Å²) in [6, 6.07) is 8.71. The van der Waals surface area contributed by atoms with Crippen LogP contribution in [0, 0.1) is 16.7 Å². The van der Waals surface area contributed by atoms with Gasteiger partial charge in [0, 0.05) is 13.0 Å². The van der Waals surface area contributed by atoms with Crippen molar-refractivity contribution in [3.8, 4) is 0 Å². The van der Waals surface area contributed by atoms with E-state index in [0.29, 0.717) is 31.7 Å². The van der Waals surface area contributed by atoms with Crippen LogP contribution in [-0.4, -0.2) is 69.6 Å². The molecule has 8 heteroatoms. The summed E-state index contributed by atoms with van der Waals surface area (Å²) in [6.45, 7) is 11.7. The Kier molecular flexibility index (Phi) is 9.60. The largest absolute Gasteiger partial charge is 0.461 e. The van der Waals surface area contributed by atoms with Gasteiger partial charge in [-0.15, -0.1) is 0 Å². The van der Waals surface area contributed by atoms with Crippen LogP contribution in [0.2, 0.25) is 0 Å². The van der Waals surface area contributed by atoms with Crippen molar-refractivity contribution in [2.75, 3.05) is 18.1 Å². The fourth-order valence-electron chi connectivity index (χ4n) is 6.80. The predicted molar refractivity (Wildman–Crippen MR) is 159 cm³/mol. The molecule has 1 saturated carbocycles. The lowest BCUT2D eigenvalue weighted by molar-refractivity contribution is -0.160. The third-order valence-electron chi connectivity index (χ3n) is 10.3. The van der Waals surface area contributed by atoms with Gasteiger partial charge in [0.25, 0.3) is 0 Å². The fourth-order valence-corrected chi connectivity index (χ4v) is 7.99. The Morgan fingerprint density at radius 2 is 1.75 bits per heavy atom. The van der Waals surface area contributed by atoms with Gasteiger partial charge in [-0.1, -0.05) is 58.0 Å². The summed E-state index contributed by atoms with van der Waals surface area (Å²) in [5, 5.41) is 13.6. The Hall–Kier alpha value is -2.06. The van der Waals surface area contributed by atoms with Crippen LogP contribution in [0.4, 0.5) is 0 Å². The zero-order valence-corrected chi connectivity index (χ0v) is 25.7. The molecule has 3 fully saturated rings. The molecular weight excluding hydrogens is 524 g/mol. The van der Waals surface area contributed by atoms with Crippen molar-refractivity contribution < 1.29 is 24.2 Å². The highest BCUT2D eigenvalue weighted by molar-refractivity contribution is 7.99. The molecule has 4 rings (SSSR count). The van der Waals surface area contributed by atoms with Gasteiger partial charge in [-0.25, -0.2) is 4.79 Å². The zero-order chi connectivity index (χ0) is 29.1. The molecule has 222 valence electrons. The number of carbonyl (C=O) groups is 3. The van der Waals surface area contributed by atoms with Crippen molar-refractivity contribution in [1.29, 1.82) is 0 Å². The molecule has 2 amide bonds. The van der Waals surface area contributed by atoms with Crippen molar-refractivity contribution in [2.24, 2.45) is 16.7 Å². The molecule has 2 saturated heterocycles. The number of hydrogen-bond acceptors (Lipinski definition) is 6. The number of nitrogens with one attached hydrogen (secondary N) is 1. The van der Waals surface area contributed by atoms with E-state index in [1.807, 2.05) is 37.3 Å². The van der Waals surface area contributed by atoms with Crippen LogP contribution in [0.5, 0.6) is 0 Å². The van der Waals surface area contributed by atoms with Crippen LogP contribution < -0.4 is 5.32 Å². The smallest absolute Gasteiger partial charge is 0.329 e. The van der Waals surface area contributed by atoms with E-state index in [9.17, 15) is 19.5 Å². The second-order valence-corrected chi connectivity index (χ2v) is 14.6. The number of nitrogens with zero attached hydrogens (tertiary/aromatic N) is 1. The lowest BCUT2D eigenvalue weighted by Gasteiger charge is -2.41. The number of amides is 2. The number of esters is 1. The lowest BCUT2D eigenvalue weighted by atomic mass is 9.66. The van der Waals surface area contributed by atoms with E-state index in [-0.39, 0.29) is 35.2 Å². The molecule has 40 heavy (non-hydrogen) atoms. The van der Waals surface area contributed by atoms with Gasteiger partial charge in [0.1, 0.15) is 17.7 Å². The average Bonchev–Trinajstić information content (AvgIpc) is 3.48. The van der Waals surface area contributed by atoms with E-state index < -0.39 is 23.6 Å². The van der Waals surface area contributed by atoms with Gasteiger partial charge in [0.05, 0.1) is 6.10 Å². The molecule has 1 aliphatic carbocycles. The van der Waals surface area contributed by atoms with Gasteiger partial charge in [0.15, 0.2) is 0 Å². The van der Waals surface area contributed by atoms with Gasteiger partial charge in [-0.05, 0) is 85.7 Å². The van der Waals surface area contributed by atoms with Crippen molar-refractivity contribution >= 4 is 29.5 Å². The fraction of sp³-hybridized carbons (Fsp3) is 0.719. The second-order valence-electron chi connectivity index (χ2n) is 13.4. The van der Waals surface area contributed by atoms with Gasteiger partial charge in [0.2, 0.25) is 11.8 Å². The molecule has 1 aromatic rings. The Labute approximate surface area is 244 Å². The molecule has 4 atom stereocenters. The van der Waals surface area contributed by atoms with E-state index in [1.54, 1.807) is 16.7 Å². The van der Waals surface area contributed by atoms with Crippen molar-refractivity contribution in [1.82, 2.24) is 10.2 Å². The second kappa shape index (κ2) is 12.4. The third-order valence-corrected chi connectivity index (χ3v) is 11.3. The molecule has 1 aromatic carbocycles. The molecule has 2 N–H and O–H groups in total. The summed E-state index contributed by atoms with van der Waals surface area (Å²) in [5.41, 5.74) is 0.152. The summed E-state index contributed by atoms with van der Waals surface area (Å²) >= 11 is 1.75. The van der Waals surface area contributed by atoms with Crippen LogP contribution in [0.25, 0.3) is 0 Å². The minimum atomic E-state index is -1.26. The Morgan fingerprint density at radius 3 is 2.38 bits per heavy atom. The number of aliphatic hydroxyl groups excluding tert-OH is 1. The van der Waals surface area contributed by atoms with Crippen molar-refractivity contribution in [3.05, 3.63) is 35.9 Å². The minimum Gasteiger partial charge on any atom is -0.461 e. The highest BCUT2D eigenvalue weighted by atomic mass is 32.2. The minimum absolute atomic E-state index is 0.164. The molecular formula is C32H48N2O5S. The Balaban J connectivity index is 1.41. The number of carbonyl (C=O) groups excluding carboxylic acids is 3. The number of rotatable bonds is 9. The molecule has 0 aromatic heterocycles. The molecule has 2 aliphatic heterocycles. The summed E-state index contributed by atoms with van der Waals surface area (Å²) in [5.74, 6) is 0.830. The first-order valence-electron chi connectivity index (χ1n) is 15.0. The number of likely N-dealkylation sites (tertiary alicyclic amines) is 1. The third kappa shape index (κ3) is 6.53. The van der Waals surface area contributed by atoms with E-state index >= 15 is 0 Å². The molecule has 0 spiro atoms. The highest BCUT2D eigenvalue weighted by Crippen LogP contribution is 2.57. The van der Waals surface area contributed by atoms with Crippen LogP contribution in [0.15, 0.2) is 30.3 Å². The van der Waals surface area contributed by atoms with Gasteiger partial charge in [-0.2, -0.15) is 11.8 Å². The first kappa shape index (κ1) is 30.9. The highest BCUT2D eigenvalue weighted by Gasteiger charge is 2.50. The monoisotopic (exact) mass is 572 g/mol. The molecule has 4 unspecified atom stereocenters. The standard InChI is InChI=1S/C32H48N2O5S/c1-22(20-24-13-14-30(2,3)31(24,4)5)39-28(37)25-12-9-17-34(25)29(38)32(15-18-40-19-16-32)33-27(36)26(35)21-23-10-7-6-8-11-23/h6-8,10-11,22,24-26,35H,9,12-21H2,1-5H3,(H,33,36). The van der Waals surface area contributed by atoms with Gasteiger partial charge >= 0.3 is 5.97 Å². The van der Waals surface area contributed by atoms with Crippen molar-refractivity contribution in [2.45, 2.75) is 110 Å².